The highest BCUT2D eigenvalue weighted by Crippen LogP contribution is 2.41. The Morgan fingerprint density at radius 2 is 1.98 bits per heavy atom. The number of nitrogens with two attached hydrogens (primary N) is 1. The molecule has 4 heterocycles. The van der Waals surface area contributed by atoms with Gasteiger partial charge < -0.3 is 40.7 Å². The highest BCUT2D eigenvalue weighted by molar-refractivity contribution is 8.00. The summed E-state index contributed by atoms with van der Waals surface area (Å²) in [5.74, 6) is -4.57. The number of fused-ring (bicyclic) bond motifs is 1. The Morgan fingerprint density at radius 3 is 2.58 bits per heavy atom. The van der Waals surface area contributed by atoms with Crippen molar-refractivity contribution >= 4 is 63.8 Å². The number of carbonyl (C=O) groups is 4. The summed E-state index contributed by atoms with van der Waals surface area (Å²) in [6.07, 6.45) is 4.35. The molecule has 16 nitrogen and oxygen atoms in total. The van der Waals surface area contributed by atoms with Crippen molar-refractivity contribution in [3.05, 3.63) is 56.6 Å². The first-order valence-corrected chi connectivity index (χ1v) is 15.2. The Labute approximate surface area is 264 Å². The van der Waals surface area contributed by atoms with Crippen molar-refractivity contribution in [2.45, 2.75) is 37.4 Å². The number of nitrogens with zero attached hydrogens (tertiary/aromatic N) is 5. The molecule has 4 rings (SSSR count). The van der Waals surface area contributed by atoms with Crippen LogP contribution in [0.15, 0.2) is 44.9 Å². The van der Waals surface area contributed by atoms with Crippen LogP contribution < -0.4 is 16.5 Å². The molecule has 6 N–H and O–H groups in total. The lowest BCUT2D eigenvalue weighted by Crippen LogP contribution is -2.71. The number of nitrogen functional groups attached to an aromatic ring is 1. The number of amides is 2. The Balaban J connectivity index is 1.58. The van der Waals surface area contributed by atoms with Crippen molar-refractivity contribution in [2.24, 2.45) is 5.16 Å². The van der Waals surface area contributed by atoms with E-state index in [1.54, 1.807) is 10.6 Å². The summed E-state index contributed by atoms with van der Waals surface area (Å²) in [5, 5.41) is 36.3. The molecule has 0 unspecified atom stereocenters. The number of likely N-dealkylation sites (N-methyl/N-ethyl adjacent to an activating group) is 1. The van der Waals surface area contributed by atoms with Crippen molar-refractivity contribution in [1.82, 2.24) is 24.7 Å². The van der Waals surface area contributed by atoms with Crippen LogP contribution in [-0.2, 0) is 30.6 Å². The van der Waals surface area contributed by atoms with Crippen LogP contribution >= 0.6 is 23.1 Å². The number of carbonyl (C=O) groups excluding carboxylic acids is 2. The first kappa shape index (κ1) is 33.2. The highest BCUT2D eigenvalue weighted by Gasteiger charge is 2.54. The number of thiazole rings is 1. The zero-order valence-electron chi connectivity index (χ0n) is 24.6. The molecule has 2 aromatic heterocycles. The monoisotopic (exact) mass is 661 g/mol. The molecule has 2 aliphatic rings. The van der Waals surface area contributed by atoms with Gasteiger partial charge in [-0.3, -0.25) is 19.3 Å². The second-order valence-electron chi connectivity index (χ2n) is 10.7. The number of anilines is 1. The van der Waals surface area contributed by atoms with Crippen molar-refractivity contribution in [1.29, 1.82) is 0 Å². The second-order valence-corrected chi connectivity index (χ2v) is 12.7. The summed E-state index contributed by atoms with van der Waals surface area (Å²) in [5.41, 5.74) is 3.31. The summed E-state index contributed by atoms with van der Waals surface area (Å²) < 4.78 is 1.66. The molecule has 18 heteroatoms. The maximum Gasteiger partial charge on any atom is 0.352 e. The number of hydrogen-bond donors (Lipinski definition) is 5. The van der Waals surface area contributed by atoms with Gasteiger partial charge in [0.25, 0.3) is 11.8 Å². The van der Waals surface area contributed by atoms with Gasteiger partial charge in [-0.05, 0) is 39.6 Å². The molecule has 2 aliphatic heterocycles. The predicted molar refractivity (Wildman–Crippen MR) is 166 cm³/mol. The van der Waals surface area contributed by atoms with Crippen LogP contribution in [0.1, 0.15) is 25.2 Å². The molecule has 0 aliphatic carbocycles. The van der Waals surface area contributed by atoms with E-state index in [0.29, 0.717) is 24.4 Å². The first-order valence-electron chi connectivity index (χ1n) is 13.3. The maximum atomic E-state index is 13.3. The number of carboxylic acids is 2. The van der Waals surface area contributed by atoms with Crippen molar-refractivity contribution in [3.8, 4) is 5.75 Å². The number of nitrogens with one attached hydrogen (secondary N) is 1. The van der Waals surface area contributed by atoms with Gasteiger partial charge in [-0.25, -0.2) is 14.6 Å². The molecule has 2 amide bonds. The number of oxime groups is 1. The molecule has 0 saturated carbocycles. The topological polar surface area (TPSA) is 230 Å². The van der Waals surface area contributed by atoms with Gasteiger partial charge in [0.2, 0.25) is 11.0 Å². The van der Waals surface area contributed by atoms with Crippen LogP contribution in [0.3, 0.4) is 0 Å². The molecule has 0 aromatic carbocycles. The van der Waals surface area contributed by atoms with E-state index >= 15 is 0 Å². The van der Waals surface area contributed by atoms with Gasteiger partial charge in [0.15, 0.2) is 16.6 Å². The predicted octanol–water partition coefficient (Wildman–Crippen LogP) is 0.190. The zero-order chi connectivity index (χ0) is 33.2. The van der Waals surface area contributed by atoms with Crippen molar-refractivity contribution in [2.75, 3.05) is 32.1 Å². The third-order valence-corrected chi connectivity index (χ3v) is 8.71. The van der Waals surface area contributed by atoms with Gasteiger partial charge >= 0.3 is 11.9 Å². The second kappa shape index (κ2) is 13.1. The Kier molecular flexibility index (Phi) is 9.69. The zero-order valence-corrected chi connectivity index (χ0v) is 26.2. The fraction of sp³-hybridized carbons (Fsp3) is 0.370. The molecule has 1 saturated heterocycles. The third-order valence-electron chi connectivity index (χ3n) is 6.73. The normalized spacial score (nSPS) is 18.6. The lowest BCUT2D eigenvalue weighted by molar-refractivity contribution is -0.161. The van der Waals surface area contributed by atoms with E-state index < -0.39 is 57.7 Å². The molecule has 2 aromatic rings. The average Bonchev–Trinajstić information content (AvgIpc) is 3.40. The minimum atomic E-state index is -1.79. The minimum absolute atomic E-state index is 0.00653. The van der Waals surface area contributed by atoms with Crippen LogP contribution in [0.4, 0.5) is 5.13 Å². The number of aromatic hydroxyl groups is 1. The molecule has 0 bridgehead atoms. The van der Waals surface area contributed by atoms with E-state index in [-0.39, 0.29) is 22.3 Å². The summed E-state index contributed by atoms with van der Waals surface area (Å²) in [4.78, 5) is 74.5. The summed E-state index contributed by atoms with van der Waals surface area (Å²) in [6, 6.07) is 0.0993. The summed E-state index contributed by atoms with van der Waals surface area (Å²) >= 11 is 2.21. The fourth-order valence-corrected chi connectivity index (χ4v) is 6.05. The van der Waals surface area contributed by atoms with Gasteiger partial charge in [0.1, 0.15) is 22.8 Å². The lowest BCUT2D eigenvalue weighted by atomic mass is 10.0. The van der Waals surface area contributed by atoms with Gasteiger partial charge in [-0.15, -0.1) is 23.1 Å². The summed E-state index contributed by atoms with van der Waals surface area (Å²) in [7, 11) is 3.74. The average molecular weight is 662 g/mol. The number of hydrogen-bond acceptors (Lipinski definition) is 13. The Bertz CT molecular complexity index is 1690. The van der Waals surface area contributed by atoms with E-state index in [1.165, 1.54) is 49.3 Å². The van der Waals surface area contributed by atoms with E-state index in [1.807, 2.05) is 19.0 Å². The number of β-lactam (4-membered cyclic amide) rings is 1. The Morgan fingerprint density at radius 1 is 1.27 bits per heavy atom. The fourth-order valence-electron chi connectivity index (χ4n) is 4.19. The Hall–Kier alpha value is -4.68. The number of aliphatic carboxylic acids is 2. The molecule has 0 spiro atoms. The van der Waals surface area contributed by atoms with Crippen LogP contribution in [0, 0.1) is 0 Å². The number of thioether (sulfide) groups is 1. The number of pyridine rings is 1. The van der Waals surface area contributed by atoms with Gasteiger partial charge in [-0.2, -0.15) is 0 Å². The van der Waals surface area contributed by atoms with Crippen molar-refractivity contribution < 1.29 is 39.3 Å². The number of carboxylic acid groups (broad SMARTS) is 2. The van der Waals surface area contributed by atoms with Crippen LogP contribution in [0.2, 0.25) is 0 Å². The van der Waals surface area contributed by atoms with Crippen LogP contribution in [0.5, 0.6) is 5.75 Å². The smallest absolute Gasteiger partial charge is 0.352 e. The molecule has 0 radical (unpaired) electrons. The SMILES string of the molecule is CN(C)CCn1cc(O)c(=O)cc1C=CC1=C(C(=O)O)N2C(=O)[C@@H](NC(=O)/C(=N\OC(C)(C)C(=O)O)c3csc(N)n3)[C@H]2SC1. The molecule has 45 heavy (non-hydrogen) atoms. The van der Waals surface area contributed by atoms with E-state index in [4.69, 9.17) is 10.6 Å². The standard InChI is InChI=1S/C27H31N7O9S2/c1-27(2,25(41)42)43-31-18(15-12-45-26(28)29-15)21(37)30-19-22(38)34-20(24(39)40)13(11-44-23(19)34)5-6-14-9-16(35)17(36)10-33(14)8-7-32(3)4/h5-6,9-10,12,19,23,36H,7-8,11H2,1-4H3,(H2,28,29)(H,30,37)(H,39,40)(H,41,42)/b6-5?,31-18-/t19-,23-/m1/s1. The molecule has 240 valence electrons. The molecular formula is C27H31N7O9S2. The lowest BCUT2D eigenvalue weighted by Gasteiger charge is -2.49. The number of rotatable bonds is 12. The van der Waals surface area contributed by atoms with Crippen LogP contribution in [0.25, 0.3) is 6.08 Å². The maximum absolute atomic E-state index is 13.3. The number of allylic oxidation sites excluding steroid dienone is 1. The van der Waals surface area contributed by atoms with Gasteiger partial charge in [-0.1, -0.05) is 11.2 Å². The number of aromatic nitrogens is 2. The third kappa shape index (κ3) is 7.18. The van der Waals surface area contributed by atoms with Gasteiger partial charge in [0.05, 0.1) is 6.20 Å². The van der Waals surface area contributed by atoms with Gasteiger partial charge in [0, 0.05) is 36.0 Å². The first-order chi connectivity index (χ1) is 21.1. The largest absolute Gasteiger partial charge is 0.503 e. The van der Waals surface area contributed by atoms with E-state index in [0.717, 1.165) is 16.2 Å². The summed E-state index contributed by atoms with van der Waals surface area (Å²) in [6.45, 7) is 3.49. The minimum Gasteiger partial charge on any atom is -0.503 e. The quantitative estimate of drug-likeness (QED) is 0.116. The van der Waals surface area contributed by atoms with Crippen LogP contribution in [-0.4, -0.2) is 108 Å². The highest BCUT2D eigenvalue weighted by atomic mass is 32.2. The van der Waals surface area contributed by atoms with E-state index in [9.17, 15) is 39.3 Å². The van der Waals surface area contributed by atoms with Crippen molar-refractivity contribution in [3.63, 3.8) is 0 Å². The molecular weight excluding hydrogens is 630 g/mol. The molecule has 1 fully saturated rings. The molecule has 2 atom stereocenters. The van der Waals surface area contributed by atoms with E-state index in [2.05, 4.69) is 15.5 Å².